The summed E-state index contributed by atoms with van der Waals surface area (Å²) in [6.07, 6.45) is -0.0538. The molecule has 134 valence electrons. The average Bonchev–Trinajstić information content (AvgIpc) is 2.96. The number of anilines is 2. The van der Waals surface area contributed by atoms with Crippen LogP contribution in [0.1, 0.15) is 6.42 Å². The highest BCUT2D eigenvalue weighted by molar-refractivity contribution is 8.15. The number of para-hydroxylation sites is 1. The molecule has 1 saturated heterocycles. The second kappa shape index (κ2) is 7.25. The lowest BCUT2D eigenvalue weighted by molar-refractivity contribution is -0.121. The van der Waals surface area contributed by atoms with Gasteiger partial charge in [-0.2, -0.15) is 0 Å². The van der Waals surface area contributed by atoms with Crippen molar-refractivity contribution in [3.05, 3.63) is 72.8 Å². The molecule has 1 heterocycles. The van der Waals surface area contributed by atoms with Crippen LogP contribution in [0.2, 0.25) is 0 Å². The SMILES string of the molecule is O=C(C[C@@H]1SC(=O)N(c2ccccc2)C1=O)Nc1cccc2ccccc12. The fourth-order valence-corrected chi connectivity index (χ4v) is 4.09. The molecule has 3 amide bonds. The Bertz CT molecular complexity index is 1030. The number of nitrogens with zero attached hydrogens (tertiary/aromatic N) is 1. The summed E-state index contributed by atoms with van der Waals surface area (Å²) < 4.78 is 0. The third-order valence-corrected chi connectivity index (χ3v) is 5.41. The second-order valence-corrected chi connectivity index (χ2v) is 7.31. The number of amides is 3. The summed E-state index contributed by atoms with van der Waals surface area (Å²) in [7, 11) is 0. The van der Waals surface area contributed by atoms with Crippen LogP contribution in [-0.2, 0) is 9.59 Å². The van der Waals surface area contributed by atoms with Crippen molar-refractivity contribution >= 4 is 51.0 Å². The molecule has 3 aromatic carbocycles. The van der Waals surface area contributed by atoms with Crippen LogP contribution in [0.25, 0.3) is 10.8 Å². The molecule has 0 saturated carbocycles. The quantitative estimate of drug-likeness (QED) is 0.731. The number of nitrogens with one attached hydrogen (secondary N) is 1. The molecule has 5 nitrogen and oxygen atoms in total. The predicted molar refractivity (Wildman–Crippen MR) is 108 cm³/mol. The average molecular weight is 376 g/mol. The molecular weight excluding hydrogens is 360 g/mol. The van der Waals surface area contributed by atoms with E-state index in [0.717, 1.165) is 27.4 Å². The minimum absolute atomic E-state index is 0.0538. The molecule has 0 radical (unpaired) electrons. The number of rotatable bonds is 4. The number of hydrogen-bond donors (Lipinski definition) is 1. The highest BCUT2D eigenvalue weighted by atomic mass is 32.2. The van der Waals surface area contributed by atoms with Crippen molar-refractivity contribution in [1.82, 2.24) is 0 Å². The van der Waals surface area contributed by atoms with Crippen molar-refractivity contribution in [3.63, 3.8) is 0 Å². The van der Waals surface area contributed by atoms with Crippen molar-refractivity contribution in [1.29, 1.82) is 0 Å². The Morgan fingerprint density at radius 1 is 0.926 bits per heavy atom. The molecule has 0 aromatic heterocycles. The van der Waals surface area contributed by atoms with Crippen molar-refractivity contribution < 1.29 is 14.4 Å². The Labute approximate surface area is 160 Å². The minimum atomic E-state index is -0.715. The van der Waals surface area contributed by atoms with E-state index in [9.17, 15) is 14.4 Å². The number of thioether (sulfide) groups is 1. The van der Waals surface area contributed by atoms with E-state index in [1.165, 1.54) is 0 Å². The van der Waals surface area contributed by atoms with Crippen LogP contribution in [0, 0.1) is 0 Å². The Morgan fingerprint density at radius 2 is 1.63 bits per heavy atom. The summed E-state index contributed by atoms with van der Waals surface area (Å²) in [5.74, 6) is -0.649. The third kappa shape index (κ3) is 3.44. The molecule has 0 spiro atoms. The molecule has 1 N–H and O–H groups in total. The van der Waals surface area contributed by atoms with Gasteiger partial charge in [0.15, 0.2) is 0 Å². The van der Waals surface area contributed by atoms with Gasteiger partial charge in [-0.25, -0.2) is 4.90 Å². The maximum absolute atomic E-state index is 12.6. The molecule has 4 rings (SSSR count). The Kier molecular flexibility index (Phi) is 4.64. The third-order valence-electron chi connectivity index (χ3n) is 4.37. The van der Waals surface area contributed by atoms with E-state index in [0.29, 0.717) is 11.4 Å². The van der Waals surface area contributed by atoms with Gasteiger partial charge in [0, 0.05) is 17.5 Å². The van der Waals surface area contributed by atoms with Crippen LogP contribution >= 0.6 is 11.8 Å². The molecule has 27 heavy (non-hydrogen) atoms. The van der Waals surface area contributed by atoms with Gasteiger partial charge in [-0.15, -0.1) is 0 Å². The van der Waals surface area contributed by atoms with Gasteiger partial charge in [0.1, 0.15) is 5.25 Å². The summed E-state index contributed by atoms with van der Waals surface area (Å²) >= 11 is 0.896. The second-order valence-electron chi connectivity index (χ2n) is 6.16. The molecule has 1 aliphatic rings. The standard InChI is InChI=1S/C21H16N2O3S/c24-19(22-17-12-6-8-14-7-4-5-11-16(14)17)13-18-20(25)23(21(26)27-18)15-9-2-1-3-10-15/h1-12,18H,13H2,(H,22,24)/t18-/m0/s1. The maximum atomic E-state index is 12.6. The molecular formula is C21H16N2O3S. The summed E-state index contributed by atoms with van der Waals surface area (Å²) in [4.78, 5) is 38.5. The molecule has 0 bridgehead atoms. The Balaban J connectivity index is 1.49. The van der Waals surface area contributed by atoms with Gasteiger partial charge in [0.2, 0.25) is 11.8 Å². The lowest BCUT2D eigenvalue weighted by atomic mass is 10.1. The van der Waals surface area contributed by atoms with Gasteiger partial charge in [-0.3, -0.25) is 14.4 Å². The maximum Gasteiger partial charge on any atom is 0.293 e. The number of fused-ring (bicyclic) bond motifs is 1. The van der Waals surface area contributed by atoms with Crippen LogP contribution in [0.5, 0.6) is 0 Å². The van der Waals surface area contributed by atoms with Crippen LogP contribution in [0.4, 0.5) is 16.2 Å². The first-order valence-corrected chi connectivity index (χ1v) is 9.39. The molecule has 6 heteroatoms. The molecule has 1 fully saturated rings. The smallest absolute Gasteiger partial charge is 0.293 e. The van der Waals surface area contributed by atoms with Crippen LogP contribution in [0.3, 0.4) is 0 Å². The fourth-order valence-electron chi connectivity index (χ4n) is 3.10. The number of benzene rings is 3. The van der Waals surface area contributed by atoms with E-state index in [4.69, 9.17) is 0 Å². The summed E-state index contributed by atoms with van der Waals surface area (Å²) in [5, 5.41) is 3.75. The van der Waals surface area contributed by atoms with E-state index < -0.39 is 5.25 Å². The van der Waals surface area contributed by atoms with Gasteiger partial charge >= 0.3 is 0 Å². The van der Waals surface area contributed by atoms with Gasteiger partial charge in [-0.1, -0.05) is 54.6 Å². The largest absolute Gasteiger partial charge is 0.325 e. The Morgan fingerprint density at radius 3 is 2.44 bits per heavy atom. The van der Waals surface area contributed by atoms with Gasteiger partial charge in [0.25, 0.3) is 5.24 Å². The van der Waals surface area contributed by atoms with E-state index in [-0.39, 0.29) is 23.5 Å². The monoisotopic (exact) mass is 376 g/mol. The first kappa shape index (κ1) is 17.3. The zero-order valence-corrected chi connectivity index (χ0v) is 15.1. The van der Waals surface area contributed by atoms with Crippen molar-refractivity contribution in [2.75, 3.05) is 10.2 Å². The van der Waals surface area contributed by atoms with Crippen molar-refractivity contribution in [3.8, 4) is 0 Å². The van der Waals surface area contributed by atoms with E-state index in [2.05, 4.69) is 5.32 Å². The molecule has 1 aliphatic heterocycles. The zero-order valence-electron chi connectivity index (χ0n) is 14.3. The van der Waals surface area contributed by atoms with Gasteiger partial charge in [0.05, 0.1) is 5.69 Å². The molecule has 0 unspecified atom stereocenters. The lowest BCUT2D eigenvalue weighted by Crippen LogP contribution is -2.32. The number of carbonyl (C=O) groups excluding carboxylic acids is 3. The molecule has 3 aromatic rings. The summed E-state index contributed by atoms with van der Waals surface area (Å²) in [6.45, 7) is 0. The van der Waals surface area contributed by atoms with Crippen molar-refractivity contribution in [2.45, 2.75) is 11.7 Å². The van der Waals surface area contributed by atoms with Crippen LogP contribution in [-0.4, -0.2) is 22.3 Å². The van der Waals surface area contributed by atoms with E-state index >= 15 is 0 Å². The van der Waals surface area contributed by atoms with E-state index in [1.807, 2.05) is 48.5 Å². The highest BCUT2D eigenvalue weighted by Crippen LogP contribution is 2.33. The fraction of sp³-hybridized carbons (Fsp3) is 0.0952. The number of hydrogen-bond acceptors (Lipinski definition) is 4. The zero-order chi connectivity index (χ0) is 18.8. The normalized spacial score (nSPS) is 16.7. The molecule has 1 atom stereocenters. The summed E-state index contributed by atoms with van der Waals surface area (Å²) in [6, 6.07) is 22.2. The van der Waals surface area contributed by atoms with E-state index in [1.54, 1.807) is 24.3 Å². The van der Waals surface area contributed by atoms with Gasteiger partial charge in [-0.05, 0) is 35.3 Å². The predicted octanol–water partition coefficient (Wildman–Crippen LogP) is 4.44. The lowest BCUT2D eigenvalue weighted by Gasteiger charge is -2.14. The Hall–Kier alpha value is -3.12. The van der Waals surface area contributed by atoms with Crippen LogP contribution < -0.4 is 10.2 Å². The van der Waals surface area contributed by atoms with Gasteiger partial charge < -0.3 is 5.32 Å². The highest BCUT2D eigenvalue weighted by Gasteiger charge is 2.41. The topological polar surface area (TPSA) is 66.5 Å². The number of carbonyl (C=O) groups is 3. The first-order valence-electron chi connectivity index (χ1n) is 8.51. The summed E-state index contributed by atoms with van der Waals surface area (Å²) in [5.41, 5.74) is 1.22. The molecule has 0 aliphatic carbocycles. The first-order chi connectivity index (χ1) is 13.1. The van der Waals surface area contributed by atoms with Crippen LogP contribution in [0.15, 0.2) is 72.8 Å². The van der Waals surface area contributed by atoms with Crippen molar-refractivity contribution in [2.24, 2.45) is 0 Å². The minimum Gasteiger partial charge on any atom is -0.325 e. The number of imide groups is 1.